The van der Waals surface area contributed by atoms with Crippen molar-refractivity contribution in [3.63, 3.8) is 0 Å². The molecule has 3 aliphatic heterocycles. The van der Waals surface area contributed by atoms with Gasteiger partial charge in [-0.1, -0.05) is 73.2 Å². The first-order valence-electron chi connectivity index (χ1n) is 18.8. The summed E-state index contributed by atoms with van der Waals surface area (Å²) in [5, 5.41) is 20.2. The molecule has 18 heteroatoms. The highest BCUT2D eigenvalue weighted by atomic mass is 127. The summed E-state index contributed by atoms with van der Waals surface area (Å²) in [4.78, 5) is 12.2. The van der Waals surface area contributed by atoms with Crippen LogP contribution in [0.25, 0.3) is 22.1 Å². The van der Waals surface area contributed by atoms with E-state index in [-0.39, 0.29) is 31.0 Å². The Morgan fingerprint density at radius 2 is 1.60 bits per heavy atom. The molecule has 57 heavy (non-hydrogen) atoms. The number of halogens is 4. The number of aliphatic hydroxyl groups excluding tert-OH is 2. The van der Waals surface area contributed by atoms with Crippen molar-refractivity contribution in [3.05, 3.63) is 77.3 Å². The summed E-state index contributed by atoms with van der Waals surface area (Å²) in [6.07, 6.45) is -1.34. The lowest BCUT2D eigenvalue weighted by molar-refractivity contribution is -0.286. The first-order valence-corrected chi connectivity index (χ1v) is 25.4. The van der Waals surface area contributed by atoms with E-state index >= 15 is 0 Å². The maximum atomic E-state index is 9.82. The smallest absolute Gasteiger partial charge is 0.299 e. The molecule has 0 bridgehead atoms. The minimum atomic E-state index is -1.19. The van der Waals surface area contributed by atoms with Gasteiger partial charge in [0.05, 0.1) is 70.7 Å². The van der Waals surface area contributed by atoms with Crippen LogP contribution < -0.4 is 9.47 Å². The number of fused-ring (bicyclic) bond motifs is 3. The summed E-state index contributed by atoms with van der Waals surface area (Å²) in [6, 6.07) is 19.5. The van der Waals surface area contributed by atoms with Crippen LogP contribution in [0.3, 0.4) is 0 Å². The quantitative estimate of drug-likeness (QED) is 0.0672. The minimum Gasteiger partial charge on any atom is -0.459 e. The van der Waals surface area contributed by atoms with Crippen molar-refractivity contribution in [1.82, 2.24) is 19.5 Å². The highest BCUT2D eigenvalue weighted by Gasteiger charge is 2.40. The van der Waals surface area contributed by atoms with Gasteiger partial charge in [-0.05, 0) is 75.5 Å². The van der Waals surface area contributed by atoms with Crippen LogP contribution in [0.1, 0.15) is 24.7 Å². The van der Waals surface area contributed by atoms with Crippen LogP contribution in [0.5, 0.6) is 12.0 Å². The molecule has 7 atom stereocenters. The topological polar surface area (TPSA) is 152 Å². The lowest BCUT2D eigenvalue weighted by atomic mass is 10.0. The molecule has 8 rings (SSSR count). The van der Waals surface area contributed by atoms with Crippen molar-refractivity contribution in [2.75, 3.05) is 33.0 Å². The van der Waals surface area contributed by atoms with Gasteiger partial charge in [0.15, 0.2) is 6.29 Å². The highest BCUT2D eigenvalue weighted by Crippen LogP contribution is 2.35. The molecule has 3 N–H and O–H groups in total. The van der Waals surface area contributed by atoms with Gasteiger partial charge in [0, 0.05) is 40.2 Å². The second-order valence-corrected chi connectivity index (χ2v) is 24.2. The molecule has 2 aromatic heterocycles. The fraction of sp³-hybridized carbons (Fsp3) is 0.487. The van der Waals surface area contributed by atoms with Crippen LogP contribution in [0.4, 0.5) is 0 Å². The number of ether oxygens (including phenoxy) is 7. The zero-order chi connectivity index (χ0) is 40.3. The van der Waals surface area contributed by atoms with Crippen molar-refractivity contribution < 1.29 is 43.4 Å². The summed E-state index contributed by atoms with van der Waals surface area (Å²) < 4.78 is 45.7. The number of aliphatic hydroxyl groups is 2. The van der Waals surface area contributed by atoms with E-state index in [2.05, 4.69) is 74.8 Å². The zero-order valence-corrected chi connectivity index (χ0v) is 38.5. The number of benzene rings is 3. The number of rotatable bonds is 11. The number of nitrogens with zero attached hydrogens (tertiary/aromatic N) is 3. The number of aromatic amines is 1. The summed E-state index contributed by atoms with van der Waals surface area (Å²) >= 11 is 16.9. The first-order chi connectivity index (χ1) is 27.3. The van der Waals surface area contributed by atoms with Gasteiger partial charge in [-0.15, -0.1) is 0 Å². The summed E-state index contributed by atoms with van der Waals surface area (Å²) in [6.45, 7) is 9.14. The molecule has 3 aromatic carbocycles. The molecule has 0 saturated carbocycles. The van der Waals surface area contributed by atoms with E-state index in [1.54, 1.807) is 6.07 Å². The third-order valence-corrected chi connectivity index (χ3v) is 14.6. The summed E-state index contributed by atoms with van der Waals surface area (Å²) in [5.74, 6) is 0. The Kier molecular flexibility index (Phi) is 14.6. The number of hydrogen-bond donors (Lipinski definition) is 3. The van der Waals surface area contributed by atoms with Gasteiger partial charge >= 0.3 is 0 Å². The Bertz CT molecular complexity index is 2090. The third-order valence-electron chi connectivity index (χ3n) is 9.82. The molecule has 3 fully saturated rings. The maximum Gasteiger partial charge on any atom is 0.299 e. The number of H-pyrrole nitrogens is 1. The number of nitrogens with one attached hydrogen (secondary N) is 1. The highest BCUT2D eigenvalue weighted by molar-refractivity contribution is 14.1. The Balaban J connectivity index is 0.000000200. The predicted octanol–water partition coefficient (Wildman–Crippen LogP) is 7.97. The molecule has 13 nitrogen and oxygen atoms in total. The minimum absolute atomic E-state index is 0.103. The zero-order valence-electron chi connectivity index (χ0n) is 31.7. The van der Waals surface area contributed by atoms with Crippen LogP contribution in [-0.2, 0) is 30.4 Å². The molecular formula is C39H46Cl2I2N4O9Si. The predicted molar refractivity (Wildman–Crippen MR) is 236 cm³/mol. The van der Waals surface area contributed by atoms with E-state index < -0.39 is 26.6 Å². The average Bonchev–Trinajstić information content (AvgIpc) is 3.72. The van der Waals surface area contributed by atoms with Gasteiger partial charge in [0.25, 0.3) is 12.0 Å². The second kappa shape index (κ2) is 19.3. The van der Waals surface area contributed by atoms with Crippen LogP contribution in [0.15, 0.2) is 54.6 Å². The van der Waals surface area contributed by atoms with E-state index in [4.69, 9.17) is 66.5 Å². The molecule has 3 aliphatic rings. The fourth-order valence-corrected chi connectivity index (χ4v) is 8.62. The molecule has 1 unspecified atom stereocenters. The van der Waals surface area contributed by atoms with Crippen molar-refractivity contribution in [2.45, 2.75) is 88.2 Å². The lowest BCUT2D eigenvalue weighted by Gasteiger charge is -2.41. The average molecular weight is 1070 g/mol. The van der Waals surface area contributed by atoms with E-state index in [1.807, 2.05) is 53.1 Å². The fourth-order valence-electron chi connectivity index (χ4n) is 6.64. The first kappa shape index (κ1) is 43.3. The van der Waals surface area contributed by atoms with Gasteiger partial charge in [-0.3, -0.25) is 4.57 Å². The van der Waals surface area contributed by atoms with Gasteiger partial charge < -0.3 is 48.4 Å². The number of hydrogen-bond acceptors (Lipinski definition) is 11. The molecule has 0 spiro atoms. The van der Waals surface area contributed by atoms with E-state index in [9.17, 15) is 5.11 Å². The van der Waals surface area contributed by atoms with Gasteiger partial charge in [0.2, 0.25) is 0 Å². The summed E-state index contributed by atoms with van der Waals surface area (Å²) in [5.41, 5.74) is 4.28. The monoisotopic (exact) mass is 1070 g/mol. The Labute approximate surface area is 369 Å². The van der Waals surface area contributed by atoms with E-state index in [0.29, 0.717) is 68.1 Å². The lowest BCUT2D eigenvalue weighted by Crippen LogP contribution is -2.50. The van der Waals surface area contributed by atoms with Gasteiger partial charge in [-0.2, -0.15) is 9.97 Å². The molecule has 3 saturated heterocycles. The van der Waals surface area contributed by atoms with Crippen molar-refractivity contribution in [1.29, 1.82) is 0 Å². The third kappa shape index (κ3) is 11.1. The Morgan fingerprint density at radius 3 is 2.33 bits per heavy atom. The molecule has 5 aromatic rings. The van der Waals surface area contributed by atoms with Crippen molar-refractivity contribution in [3.8, 4) is 12.0 Å². The van der Waals surface area contributed by atoms with E-state index in [0.717, 1.165) is 40.8 Å². The van der Waals surface area contributed by atoms with Gasteiger partial charge in [0.1, 0.15) is 31.1 Å². The van der Waals surface area contributed by atoms with Crippen LogP contribution in [-0.4, -0.2) is 107 Å². The van der Waals surface area contributed by atoms with Crippen LogP contribution in [0.2, 0.25) is 35.7 Å². The van der Waals surface area contributed by atoms with Crippen molar-refractivity contribution >= 4 is 98.5 Å². The number of imidazole rings is 2. The van der Waals surface area contributed by atoms with Crippen LogP contribution in [0, 0.1) is 7.14 Å². The second-order valence-electron chi connectivity index (χ2n) is 15.4. The standard InChI is InChI=1S/C26H32ClIN2O5Si.C13H14ClIN2O4/c1-36(2,3)10-9-31-16-30-22-12-19(27)20(28)13-21(22)29-26(30)34-18-11-23-24(32-14-18)15-33-25(35-23)17-7-5-4-6-8-17;14-7-2-9-10(3-8(7)15)17-13(16-9)21-6-1-11(19)12(4-18)20-5-6/h4-8,12-13,18,23-25H,9-11,14-16H2,1-3H3;2-3,6,11-12,18-19H,1,4-5H2,(H,16,17)/t18-,23+,24-,25?;6-,11+,12-/m11/s1. The molecule has 0 amide bonds. The van der Waals surface area contributed by atoms with Crippen LogP contribution >= 0.6 is 68.4 Å². The molecule has 0 radical (unpaired) electrons. The molecule has 5 heterocycles. The normalized spacial score (nSPS) is 25.2. The molecule has 0 aliphatic carbocycles. The van der Waals surface area contributed by atoms with Crippen molar-refractivity contribution in [2.24, 2.45) is 0 Å². The largest absolute Gasteiger partial charge is 0.459 e. The number of aromatic nitrogens is 4. The van der Waals surface area contributed by atoms with E-state index in [1.165, 1.54) is 0 Å². The Hall–Kier alpha value is -1.82. The Morgan fingerprint density at radius 1 is 0.877 bits per heavy atom. The molecule has 308 valence electrons. The molecular weight excluding hydrogens is 1020 g/mol. The SMILES string of the molecule is C[Si](C)(C)CCOCn1c(O[C@H]2CO[C@@H]3COC(c4ccccc4)O[C@H]3C2)nc2cc(I)c(Cl)cc21.OC[C@H]1OC[C@H](Oc2nc3cc(I)c(Cl)cc3[nH]2)C[C@@H]1O. The summed E-state index contributed by atoms with van der Waals surface area (Å²) in [7, 11) is -1.19. The van der Waals surface area contributed by atoms with Gasteiger partial charge in [-0.25, -0.2) is 0 Å². The maximum absolute atomic E-state index is 9.82.